The van der Waals surface area contributed by atoms with Gasteiger partial charge >= 0.3 is 0 Å². The highest BCUT2D eigenvalue weighted by atomic mass is 35.5. The molecule has 1 aromatic carbocycles. The van der Waals surface area contributed by atoms with Gasteiger partial charge in [-0.2, -0.15) is 0 Å². The van der Waals surface area contributed by atoms with Crippen molar-refractivity contribution in [3.05, 3.63) is 35.6 Å². The Morgan fingerprint density at radius 1 is 1.38 bits per heavy atom. The Kier molecular flexibility index (Phi) is 7.12. The van der Waals surface area contributed by atoms with Crippen molar-refractivity contribution in [2.24, 2.45) is 5.73 Å². The molecule has 1 heterocycles. The third kappa shape index (κ3) is 4.42. The molecule has 1 aromatic rings. The van der Waals surface area contributed by atoms with Crippen LogP contribution in [0.4, 0.5) is 4.39 Å². The number of likely N-dealkylation sites (tertiary alicyclic amines) is 1. The summed E-state index contributed by atoms with van der Waals surface area (Å²) < 4.78 is 13.0. The predicted octanol–water partition coefficient (Wildman–Crippen LogP) is 3.43. The van der Waals surface area contributed by atoms with Gasteiger partial charge in [-0.15, -0.1) is 12.4 Å². The zero-order valence-electron chi connectivity index (χ0n) is 12.4. The average Bonchev–Trinajstić information content (AvgIpc) is 2.47. The second-order valence-corrected chi connectivity index (χ2v) is 5.49. The number of halogens is 2. The maximum atomic E-state index is 13.0. The molecule has 2 unspecified atom stereocenters. The summed E-state index contributed by atoms with van der Waals surface area (Å²) in [6.45, 7) is 2.78. The standard InChI is InChI=1S/C16H23FN2O.ClH/c1-2-5-14(18)16(20)19-11-4-3-6-15(19)12-7-9-13(17)10-8-12;/h7-10,14-15H,2-6,11,18H2,1H3;1H. The minimum atomic E-state index is -0.416. The van der Waals surface area contributed by atoms with Crippen LogP contribution in [0.15, 0.2) is 24.3 Å². The Bertz CT molecular complexity index is 452. The van der Waals surface area contributed by atoms with Crippen LogP contribution in [-0.2, 0) is 4.79 Å². The first-order chi connectivity index (χ1) is 9.63. The molecule has 118 valence electrons. The van der Waals surface area contributed by atoms with E-state index in [1.54, 1.807) is 12.1 Å². The summed E-state index contributed by atoms with van der Waals surface area (Å²) in [7, 11) is 0. The summed E-state index contributed by atoms with van der Waals surface area (Å²) in [5.41, 5.74) is 6.97. The minimum Gasteiger partial charge on any atom is -0.334 e. The van der Waals surface area contributed by atoms with E-state index in [9.17, 15) is 9.18 Å². The first-order valence-electron chi connectivity index (χ1n) is 7.45. The highest BCUT2D eigenvalue weighted by Crippen LogP contribution is 2.31. The third-order valence-corrected chi connectivity index (χ3v) is 3.96. The summed E-state index contributed by atoms with van der Waals surface area (Å²) in [5.74, 6) is -0.217. The van der Waals surface area contributed by atoms with Crippen LogP contribution >= 0.6 is 12.4 Å². The van der Waals surface area contributed by atoms with E-state index in [-0.39, 0.29) is 30.2 Å². The van der Waals surface area contributed by atoms with Crippen molar-refractivity contribution in [3.63, 3.8) is 0 Å². The molecule has 1 aliphatic heterocycles. The summed E-state index contributed by atoms with van der Waals surface area (Å²) in [6.07, 6.45) is 4.65. The summed E-state index contributed by atoms with van der Waals surface area (Å²) in [4.78, 5) is 14.4. The number of carbonyl (C=O) groups excluding carboxylic acids is 1. The van der Waals surface area contributed by atoms with Crippen molar-refractivity contribution in [1.29, 1.82) is 0 Å². The van der Waals surface area contributed by atoms with E-state index in [0.717, 1.165) is 37.8 Å². The summed E-state index contributed by atoms with van der Waals surface area (Å²) >= 11 is 0. The van der Waals surface area contributed by atoms with E-state index in [0.29, 0.717) is 6.42 Å². The SMILES string of the molecule is CCCC(N)C(=O)N1CCCCC1c1ccc(F)cc1.Cl. The molecule has 2 rings (SSSR count). The molecule has 1 fully saturated rings. The average molecular weight is 315 g/mol. The maximum Gasteiger partial charge on any atom is 0.239 e. The molecular formula is C16H24ClFN2O. The van der Waals surface area contributed by atoms with Crippen LogP contribution in [0.2, 0.25) is 0 Å². The van der Waals surface area contributed by atoms with Crippen LogP contribution in [0, 0.1) is 5.82 Å². The fourth-order valence-corrected chi connectivity index (χ4v) is 2.87. The molecule has 0 radical (unpaired) electrons. The Labute approximate surface area is 132 Å². The van der Waals surface area contributed by atoms with Crippen molar-refractivity contribution in [2.75, 3.05) is 6.54 Å². The van der Waals surface area contributed by atoms with Gasteiger partial charge in [-0.25, -0.2) is 4.39 Å². The third-order valence-electron chi connectivity index (χ3n) is 3.96. The Hall–Kier alpha value is -1.13. The lowest BCUT2D eigenvalue weighted by Gasteiger charge is -2.37. The number of hydrogen-bond donors (Lipinski definition) is 1. The molecular weight excluding hydrogens is 291 g/mol. The topological polar surface area (TPSA) is 46.3 Å². The van der Waals surface area contributed by atoms with E-state index >= 15 is 0 Å². The summed E-state index contributed by atoms with van der Waals surface area (Å²) in [5, 5.41) is 0. The van der Waals surface area contributed by atoms with Gasteiger partial charge in [0.2, 0.25) is 5.91 Å². The van der Waals surface area contributed by atoms with Gasteiger partial charge in [0.25, 0.3) is 0 Å². The lowest BCUT2D eigenvalue weighted by atomic mass is 9.94. The molecule has 21 heavy (non-hydrogen) atoms. The van der Waals surface area contributed by atoms with Gasteiger partial charge in [0, 0.05) is 6.54 Å². The summed E-state index contributed by atoms with van der Waals surface area (Å²) in [6, 6.07) is 6.09. The van der Waals surface area contributed by atoms with E-state index in [2.05, 4.69) is 0 Å². The molecule has 0 aromatic heterocycles. The number of carbonyl (C=O) groups is 1. The number of nitrogens with two attached hydrogens (primary N) is 1. The fraction of sp³-hybridized carbons (Fsp3) is 0.562. The minimum absolute atomic E-state index is 0. The highest BCUT2D eigenvalue weighted by molar-refractivity contribution is 5.85. The number of piperidine rings is 1. The Morgan fingerprint density at radius 2 is 2.05 bits per heavy atom. The number of nitrogens with zero attached hydrogens (tertiary/aromatic N) is 1. The molecule has 1 aliphatic rings. The fourth-order valence-electron chi connectivity index (χ4n) is 2.87. The van der Waals surface area contributed by atoms with Gasteiger partial charge in [0.1, 0.15) is 5.82 Å². The van der Waals surface area contributed by atoms with Crippen molar-refractivity contribution >= 4 is 18.3 Å². The van der Waals surface area contributed by atoms with Crippen molar-refractivity contribution in [3.8, 4) is 0 Å². The second kappa shape index (κ2) is 8.35. The predicted molar refractivity (Wildman–Crippen MR) is 84.8 cm³/mol. The van der Waals surface area contributed by atoms with Crippen LogP contribution in [0.3, 0.4) is 0 Å². The van der Waals surface area contributed by atoms with Gasteiger partial charge in [0.15, 0.2) is 0 Å². The highest BCUT2D eigenvalue weighted by Gasteiger charge is 2.30. The number of amides is 1. The first kappa shape index (κ1) is 17.9. The van der Waals surface area contributed by atoms with Gasteiger partial charge in [-0.05, 0) is 43.4 Å². The van der Waals surface area contributed by atoms with E-state index in [1.807, 2.05) is 11.8 Å². The molecule has 5 heteroatoms. The Balaban J connectivity index is 0.00000220. The molecule has 0 spiro atoms. The monoisotopic (exact) mass is 314 g/mol. The lowest BCUT2D eigenvalue weighted by molar-refractivity contribution is -0.136. The molecule has 0 bridgehead atoms. The van der Waals surface area contributed by atoms with Crippen LogP contribution in [0.1, 0.15) is 50.6 Å². The van der Waals surface area contributed by atoms with Crippen LogP contribution in [0.5, 0.6) is 0 Å². The maximum absolute atomic E-state index is 13.0. The van der Waals surface area contributed by atoms with Gasteiger partial charge < -0.3 is 10.6 Å². The molecule has 0 saturated carbocycles. The molecule has 3 nitrogen and oxygen atoms in total. The van der Waals surface area contributed by atoms with Crippen molar-refractivity contribution in [2.45, 2.75) is 51.1 Å². The molecule has 2 atom stereocenters. The van der Waals surface area contributed by atoms with E-state index in [1.165, 1.54) is 12.1 Å². The zero-order valence-corrected chi connectivity index (χ0v) is 13.2. The first-order valence-corrected chi connectivity index (χ1v) is 7.45. The number of rotatable bonds is 4. The normalized spacial score (nSPS) is 19.8. The number of benzene rings is 1. The van der Waals surface area contributed by atoms with Crippen molar-refractivity contribution < 1.29 is 9.18 Å². The van der Waals surface area contributed by atoms with E-state index < -0.39 is 6.04 Å². The van der Waals surface area contributed by atoms with Crippen LogP contribution < -0.4 is 5.73 Å². The molecule has 0 aliphatic carbocycles. The van der Waals surface area contributed by atoms with E-state index in [4.69, 9.17) is 5.73 Å². The second-order valence-electron chi connectivity index (χ2n) is 5.49. The van der Waals surface area contributed by atoms with Gasteiger partial charge in [0.05, 0.1) is 12.1 Å². The molecule has 2 N–H and O–H groups in total. The molecule has 1 saturated heterocycles. The largest absolute Gasteiger partial charge is 0.334 e. The lowest BCUT2D eigenvalue weighted by Crippen LogP contribution is -2.47. The van der Waals surface area contributed by atoms with Crippen LogP contribution in [-0.4, -0.2) is 23.4 Å². The zero-order chi connectivity index (χ0) is 14.5. The smallest absolute Gasteiger partial charge is 0.239 e. The van der Waals surface area contributed by atoms with Gasteiger partial charge in [-0.1, -0.05) is 25.5 Å². The molecule has 1 amide bonds. The van der Waals surface area contributed by atoms with Gasteiger partial charge in [-0.3, -0.25) is 4.79 Å². The van der Waals surface area contributed by atoms with Crippen molar-refractivity contribution in [1.82, 2.24) is 4.90 Å². The van der Waals surface area contributed by atoms with Crippen LogP contribution in [0.25, 0.3) is 0 Å². The Morgan fingerprint density at radius 3 is 2.67 bits per heavy atom. The number of hydrogen-bond acceptors (Lipinski definition) is 2. The quantitative estimate of drug-likeness (QED) is 0.925.